The SMILES string of the molecule is O=C1CCN(c2nc3sccn3c2C(=O)O)CCN1. The third kappa shape index (κ3) is 2.03. The number of thiazole rings is 1. The average Bonchev–Trinajstić information content (AvgIpc) is 2.86. The lowest BCUT2D eigenvalue weighted by Crippen LogP contribution is -2.29. The number of aromatic nitrogens is 2. The van der Waals surface area contributed by atoms with Gasteiger partial charge in [0.2, 0.25) is 5.91 Å². The topological polar surface area (TPSA) is 86.9 Å². The Morgan fingerprint density at radius 1 is 1.47 bits per heavy atom. The van der Waals surface area contributed by atoms with Gasteiger partial charge in [0, 0.05) is 37.6 Å². The molecule has 19 heavy (non-hydrogen) atoms. The van der Waals surface area contributed by atoms with Crippen LogP contribution in [-0.2, 0) is 4.79 Å². The zero-order valence-corrected chi connectivity index (χ0v) is 10.8. The van der Waals surface area contributed by atoms with Crippen LogP contribution in [0, 0.1) is 0 Å². The standard InChI is InChI=1S/C11H12N4O3S/c16-7-1-3-14(4-2-12-7)9-8(10(17)18)15-5-6-19-11(15)13-9/h5-6H,1-4H2,(H,12,16)(H,17,18). The number of carboxylic acid groups (broad SMARTS) is 1. The lowest BCUT2D eigenvalue weighted by molar-refractivity contribution is -0.120. The van der Waals surface area contributed by atoms with E-state index in [1.807, 2.05) is 4.90 Å². The number of rotatable bonds is 2. The number of carbonyl (C=O) groups is 2. The van der Waals surface area contributed by atoms with E-state index in [1.165, 1.54) is 11.3 Å². The van der Waals surface area contributed by atoms with Crippen molar-refractivity contribution in [1.29, 1.82) is 0 Å². The van der Waals surface area contributed by atoms with E-state index in [4.69, 9.17) is 0 Å². The molecule has 0 spiro atoms. The fourth-order valence-electron chi connectivity index (χ4n) is 2.17. The summed E-state index contributed by atoms with van der Waals surface area (Å²) in [5.74, 6) is -0.583. The quantitative estimate of drug-likeness (QED) is 0.832. The van der Waals surface area contributed by atoms with Gasteiger partial charge in [-0.05, 0) is 0 Å². The normalized spacial score (nSPS) is 16.4. The molecule has 100 valence electrons. The van der Waals surface area contributed by atoms with Gasteiger partial charge in [-0.1, -0.05) is 0 Å². The number of carbonyl (C=O) groups excluding carboxylic acids is 1. The van der Waals surface area contributed by atoms with Crippen molar-refractivity contribution in [2.45, 2.75) is 6.42 Å². The van der Waals surface area contributed by atoms with E-state index in [0.29, 0.717) is 36.8 Å². The van der Waals surface area contributed by atoms with Crippen molar-refractivity contribution in [3.05, 3.63) is 17.3 Å². The highest BCUT2D eigenvalue weighted by Gasteiger charge is 2.25. The monoisotopic (exact) mass is 280 g/mol. The molecule has 0 aromatic carbocycles. The summed E-state index contributed by atoms with van der Waals surface area (Å²) in [6.45, 7) is 1.55. The van der Waals surface area contributed by atoms with Crippen molar-refractivity contribution in [3.63, 3.8) is 0 Å². The zero-order chi connectivity index (χ0) is 13.4. The smallest absolute Gasteiger partial charge is 0.356 e. The van der Waals surface area contributed by atoms with Crippen LogP contribution in [0.3, 0.4) is 0 Å². The van der Waals surface area contributed by atoms with Crippen molar-refractivity contribution in [2.24, 2.45) is 0 Å². The van der Waals surface area contributed by atoms with Gasteiger partial charge in [0.05, 0.1) is 0 Å². The molecule has 1 aliphatic heterocycles. The fraction of sp³-hybridized carbons (Fsp3) is 0.364. The highest BCUT2D eigenvalue weighted by molar-refractivity contribution is 7.15. The molecule has 2 N–H and O–H groups in total. The summed E-state index contributed by atoms with van der Waals surface area (Å²) >= 11 is 1.39. The Balaban J connectivity index is 2.03. The Kier molecular flexibility index (Phi) is 2.86. The Bertz CT molecular complexity index is 647. The highest BCUT2D eigenvalue weighted by atomic mass is 32.1. The van der Waals surface area contributed by atoms with Gasteiger partial charge in [-0.3, -0.25) is 9.20 Å². The maximum absolute atomic E-state index is 11.4. The summed E-state index contributed by atoms with van der Waals surface area (Å²) in [6, 6.07) is 0. The predicted octanol–water partition coefficient (Wildman–Crippen LogP) is 0.420. The molecule has 1 fully saturated rings. The van der Waals surface area contributed by atoms with E-state index >= 15 is 0 Å². The lowest BCUT2D eigenvalue weighted by Gasteiger charge is -2.19. The molecule has 2 aromatic heterocycles. The third-order valence-corrected chi connectivity index (χ3v) is 3.82. The van der Waals surface area contributed by atoms with Gasteiger partial charge < -0.3 is 15.3 Å². The summed E-state index contributed by atoms with van der Waals surface area (Å²) < 4.78 is 1.57. The van der Waals surface area contributed by atoms with E-state index in [9.17, 15) is 14.7 Å². The number of aromatic carboxylic acids is 1. The lowest BCUT2D eigenvalue weighted by atomic mass is 10.3. The first-order valence-corrected chi connectivity index (χ1v) is 6.75. The van der Waals surface area contributed by atoms with Crippen molar-refractivity contribution >= 4 is 34.0 Å². The van der Waals surface area contributed by atoms with E-state index in [-0.39, 0.29) is 11.6 Å². The van der Waals surface area contributed by atoms with Gasteiger partial charge in [-0.25, -0.2) is 9.78 Å². The Labute approximate surface area is 112 Å². The van der Waals surface area contributed by atoms with Gasteiger partial charge >= 0.3 is 5.97 Å². The summed E-state index contributed by atoms with van der Waals surface area (Å²) in [6.07, 6.45) is 2.05. The molecular formula is C11H12N4O3S. The molecule has 3 rings (SSSR count). The van der Waals surface area contributed by atoms with E-state index in [1.54, 1.807) is 16.0 Å². The van der Waals surface area contributed by atoms with Crippen molar-refractivity contribution in [1.82, 2.24) is 14.7 Å². The number of nitrogens with zero attached hydrogens (tertiary/aromatic N) is 3. The molecule has 7 nitrogen and oxygen atoms in total. The predicted molar refractivity (Wildman–Crippen MR) is 69.9 cm³/mol. The molecule has 8 heteroatoms. The number of nitrogens with one attached hydrogen (secondary N) is 1. The maximum Gasteiger partial charge on any atom is 0.356 e. The second-order valence-corrected chi connectivity index (χ2v) is 5.10. The van der Waals surface area contributed by atoms with Gasteiger partial charge in [0.25, 0.3) is 0 Å². The van der Waals surface area contributed by atoms with Crippen LogP contribution >= 0.6 is 11.3 Å². The minimum atomic E-state index is -1.01. The molecule has 1 amide bonds. The summed E-state index contributed by atoms with van der Waals surface area (Å²) in [5.41, 5.74) is 0.158. The molecule has 0 radical (unpaired) electrons. The van der Waals surface area contributed by atoms with E-state index < -0.39 is 5.97 Å². The molecule has 0 saturated carbocycles. The number of fused-ring (bicyclic) bond motifs is 1. The van der Waals surface area contributed by atoms with Crippen LogP contribution in [-0.4, -0.2) is 46.0 Å². The largest absolute Gasteiger partial charge is 0.476 e. The first kappa shape index (κ1) is 12.0. The van der Waals surface area contributed by atoms with E-state index in [2.05, 4.69) is 10.3 Å². The summed E-state index contributed by atoms with van der Waals surface area (Å²) in [5, 5.41) is 13.9. The maximum atomic E-state index is 11.4. The Morgan fingerprint density at radius 2 is 2.32 bits per heavy atom. The van der Waals surface area contributed by atoms with Crippen LogP contribution in [0.15, 0.2) is 11.6 Å². The first-order valence-electron chi connectivity index (χ1n) is 5.87. The van der Waals surface area contributed by atoms with Crippen LogP contribution < -0.4 is 10.2 Å². The minimum absolute atomic E-state index is 0.0135. The van der Waals surface area contributed by atoms with Crippen molar-refractivity contribution in [2.75, 3.05) is 24.5 Å². The Hall–Kier alpha value is -2.09. The second kappa shape index (κ2) is 4.54. The number of anilines is 1. The zero-order valence-electron chi connectivity index (χ0n) is 10.00. The average molecular weight is 280 g/mol. The molecule has 0 unspecified atom stereocenters. The highest BCUT2D eigenvalue weighted by Crippen LogP contribution is 2.25. The molecule has 0 aliphatic carbocycles. The molecular weight excluding hydrogens is 268 g/mol. The van der Waals surface area contributed by atoms with Gasteiger partial charge in [0.15, 0.2) is 16.5 Å². The van der Waals surface area contributed by atoms with Gasteiger partial charge in [-0.2, -0.15) is 0 Å². The molecule has 0 bridgehead atoms. The van der Waals surface area contributed by atoms with Gasteiger partial charge in [-0.15, -0.1) is 11.3 Å². The number of amides is 1. The molecule has 1 saturated heterocycles. The number of imidazole rings is 1. The van der Waals surface area contributed by atoms with Gasteiger partial charge in [0.1, 0.15) is 0 Å². The number of hydrogen-bond acceptors (Lipinski definition) is 5. The second-order valence-electron chi connectivity index (χ2n) is 4.23. The van der Waals surface area contributed by atoms with Crippen molar-refractivity contribution in [3.8, 4) is 0 Å². The molecule has 3 heterocycles. The number of carboxylic acids is 1. The van der Waals surface area contributed by atoms with Crippen LogP contribution in [0.2, 0.25) is 0 Å². The molecule has 0 atom stereocenters. The molecule has 1 aliphatic rings. The fourth-order valence-corrected chi connectivity index (χ4v) is 2.88. The van der Waals surface area contributed by atoms with Crippen LogP contribution in [0.1, 0.15) is 16.9 Å². The van der Waals surface area contributed by atoms with Crippen molar-refractivity contribution < 1.29 is 14.7 Å². The van der Waals surface area contributed by atoms with E-state index in [0.717, 1.165) is 0 Å². The third-order valence-electron chi connectivity index (χ3n) is 3.06. The Morgan fingerprint density at radius 3 is 3.11 bits per heavy atom. The summed E-state index contributed by atoms with van der Waals surface area (Å²) in [7, 11) is 0. The van der Waals surface area contributed by atoms with Crippen LogP contribution in [0.5, 0.6) is 0 Å². The minimum Gasteiger partial charge on any atom is -0.476 e. The summed E-state index contributed by atoms with van der Waals surface area (Å²) in [4.78, 5) is 29.6. The van der Waals surface area contributed by atoms with Crippen LogP contribution in [0.4, 0.5) is 5.82 Å². The number of hydrogen-bond donors (Lipinski definition) is 2. The van der Waals surface area contributed by atoms with Crippen LogP contribution in [0.25, 0.3) is 4.96 Å². The first-order chi connectivity index (χ1) is 9.16. The molecule has 2 aromatic rings.